The van der Waals surface area contributed by atoms with Gasteiger partial charge in [-0.25, -0.2) is 4.79 Å². The summed E-state index contributed by atoms with van der Waals surface area (Å²) in [5.74, 6) is 1.14. The Morgan fingerprint density at radius 1 is 0.718 bits per heavy atom. The number of carbonyl (C=O) groups is 1. The van der Waals surface area contributed by atoms with Gasteiger partial charge in [-0.05, 0) is 92.1 Å². The van der Waals surface area contributed by atoms with Gasteiger partial charge in [-0.3, -0.25) is 0 Å². The summed E-state index contributed by atoms with van der Waals surface area (Å²) in [5.41, 5.74) is 3.87. The molecule has 204 valence electrons. The predicted octanol–water partition coefficient (Wildman–Crippen LogP) is 8.13. The zero-order valence-corrected chi connectivity index (χ0v) is 22.4. The highest BCUT2D eigenvalue weighted by Crippen LogP contribution is 2.27. The molecule has 0 saturated carbocycles. The number of hydrogen-bond acceptors (Lipinski definition) is 9. The third-order valence-electron chi connectivity index (χ3n) is 5.39. The molecule has 0 bridgehead atoms. The van der Waals surface area contributed by atoms with E-state index in [-0.39, 0.29) is 0 Å². The molecule has 0 amide bonds. The highest BCUT2D eigenvalue weighted by atomic mass is 16.5. The van der Waals surface area contributed by atoms with Crippen LogP contribution >= 0.6 is 0 Å². The molecule has 39 heavy (non-hydrogen) atoms. The molecule has 0 fully saturated rings. The van der Waals surface area contributed by atoms with Crippen molar-refractivity contribution >= 4 is 28.7 Å². The van der Waals surface area contributed by atoms with Gasteiger partial charge in [-0.15, -0.1) is 0 Å². The van der Waals surface area contributed by atoms with E-state index in [4.69, 9.17) is 18.9 Å². The van der Waals surface area contributed by atoms with Gasteiger partial charge in [-0.2, -0.15) is 20.5 Å². The van der Waals surface area contributed by atoms with Crippen LogP contribution in [-0.2, 0) is 14.3 Å². The topological polar surface area (TPSA) is 103 Å². The van der Waals surface area contributed by atoms with Crippen LogP contribution in [0.2, 0.25) is 0 Å². The number of rotatable bonds is 16. The smallest absolute Gasteiger partial charge is 0.330 e. The molecular weight excluding hydrogens is 496 g/mol. The van der Waals surface area contributed by atoms with Crippen LogP contribution in [0.4, 0.5) is 22.7 Å². The lowest BCUT2D eigenvalue weighted by molar-refractivity contribution is -0.137. The number of esters is 1. The van der Waals surface area contributed by atoms with Crippen LogP contribution in [0, 0.1) is 6.92 Å². The van der Waals surface area contributed by atoms with E-state index >= 15 is 0 Å². The number of ether oxygens (including phenoxy) is 4. The van der Waals surface area contributed by atoms with Crippen LogP contribution in [0.5, 0.6) is 11.5 Å². The number of azo groups is 2. The van der Waals surface area contributed by atoms with E-state index in [0.29, 0.717) is 37.8 Å². The van der Waals surface area contributed by atoms with E-state index in [2.05, 4.69) is 27.0 Å². The van der Waals surface area contributed by atoms with Gasteiger partial charge in [0.1, 0.15) is 11.5 Å². The highest BCUT2D eigenvalue weighted by molar-refractivity contribution is 5.81. The zero-order chi connectivity index (χ0) is 27.7. The maximum absolute atomic E-state index is 11.0. The second kappa shape index (κ2) is 16.5. The first-order valence-corrected chi connectivity index (χ1v) is 12.8. The van der Waals surface area contributed by atoms with Crippen molar-refractivity contribution in [2.45, 2.75) is 26.2 Å². The zero-order valence-electron chi connectivity index (χ0n) is 22.4. The SMILES string of the molecule is C=CC(=O)OCCCCOc1ccc(/N=N/c2ccc(/N=N/c3ccc(OCCCOC)cc3)cc2)c(C)c1. The van der Waals surface area contributed by atoms with Crippen molar-refractivity contribution in [3.63, 3.8) is 0 Å². The quantitative estimate of drug-likeness (QED) is 0.0805. The molecule has 0 unspecified atom stereocenters. The average molecular weight is 531 g/mol. The number of methoxy groups -OCH3 is 1. The molecule has 3 aromatic carbocycles. The van der Waals surface area contributed by atoms with Crippen molar-refractivity contribution in [1.29, 1.82) is 0 Å². The molecule has 0 saturated heterocycles. The molecule has 0 heterocycles. The number of nitrogens with zero attached hydrogens (tertiary/aromatic N) is 4. The third-order valence-corrected chi connectivity index (χ3v) is 5.39. The van der Waals surface area contributed by atoms with E-state index in [0.717, 1.165) is 53.8 Å². The van der Waals surface area contributed by atoms with Gasteiger partial charge < -0.3 is 18.9 Å². The maximum atomic E-state index is 11.0. The van der Waals surface area contributed by atoms with E-state index in [1.54, 1.807) is 7.11 Å². The lowest BCUT2D eigenvalue weighted by Gasteiger charge is -2.08. The van der Waals surface area contributed by atoms with Crippen molar-refractivity contribution in [2.75, 3.05) is 33.5 Å². The van der Waals surface area contributed by atoms with Crippen molar-refractivity contribution in [3.8, 4) is 11.5 Å². The lowest BCUT2D eigenvalue weighted by Crippen LogP contribution is -2.04. The maximum Gasteiger partial charge on any atom is 0.330 e. The van der Waals surface area contributed by atoms with Crippen molar-refractivity contribution < 1.29 is 23.7 Å². The monoisotopic (exact) mass is 530 g/mol. The second-order valence-corrected chi connectivity index (χ2v) is 8.48. The van der Waals surface area contributed by atoms with E-state index in [1.165, 1.54) is 0 Å². The molecule has 0 radical (unpaired) electrons. The Kier molecular flexibility index (Phi) is 12.3. The van der Waals surface area contributed by atoms with Gasteiger partial charge in [0.2, 0.25) is 0 Å². The fraction of sp³-hybridized carbons (Fsp3) is 0.300. The number of carbonyl (C=O) groups excluding carboxylic acids is 1. The van der Waals surface area contributed by atoms with Crippen molar-refractivity contribution in [3.05, 3.63) is 84.9 Å². The van der Waals surface area contributed by atoms with Gasteiger partial charge >= 0.3 is 5.97 Å². The highest BCUT2D eigenvalue weighted by Gasteiger charge is 2.02. The summed E-state index contributed by atoms with van der Waals surface area (Å²) in [6.45, 7) is 7.50. The molecule has 0 atom stereocenters. The van der Waals surface area contributed by atoms with Crippen LogP contribution in [0.25, 0.3) is 0 Å². The average Bonchev–Trinajstić information content (AvgIpc) is 2.96. The number of unbranched alkanes of at least 4 members (excludes halogenated alkanes) is 1. The Morgan fingerprint density at radius 3 is 1.87 bits per heavy atom. The normalized spacial score (nSPS) is 11.1. The van der Waals surface area contributed by atoms with Gasteiger partial charge in [0.05, 0.1) is 42.6 Å². The fourth-order valence-electron chi connectivity index (χ4n) is 3.27. The van der Waals surface area contributed by atoms with Crippen LogP contribution in [-0.4, -0.2) is 39.5 Å². The van der Waals surface area contributed by atoms with Crippen molar-refractivity contribution in [1.82, 2.24) is 0 Å². The van der Waals surface area contributed by atoms with Crippen LogP contribution < -0.4 is 9.47 Å². The molecule has 9 heteroatoms. The summed E-state index contributed by atoms with van der Waals surface area (Å²) >= 11 is 0. The largest absolute Gasteiger partial charge is 0.494 e. The summed E-state index contributed by atoms with van der Waals surface area (Å²) < 4.78 is 21.4. The molecule has 0 spiro atoms. The Labute approximate surface area is 229 Å². The van der Waals surface area contributed by atoms with Crippen LogP contribution in [0.3, 0.4) is 0 Å². The molecule has 3 rings (SSSR count). The lowest BCUT2D eigenvalue weighted by atomic mass is 10.2. The summed E-state index contributed by atoms with van der Waals surface area (Å²) in [7, 11) is 1.68. The van der Waals surface area contributed by atoms with Gasteiger partial charge in [0, 0.05) is 26.2 Å². The van der Waals surface area contributed by atoms with E-state index in [9.17, 15) is 4.79 Å². The molecule has 0 aliphatic carbocycles. The molecular formula is C30H34N4O5. The minimum atomic E-state index is -0.407. The standard InChI is InChI=1S/C30H34N4O5/c1-4-30(35)39-20-6-5-19-38-28-16-17-29(23(2)22-28)34-33-25-10-8-24(9-11-25)31-32-26-12-14-27(15-13-26)37-21-7-18-36-3/h4,8-17,22H,1,5-7,18-21H2,2-3H3/b32-31+,34-33+. The first-order valence-electron chi connectivity index (χ1n) is 12.8. The van der Waals surface area contributed by atoms with Crippen LogP contribution in [0.1, 0.15) is 24.8 Å². The first kappa shape index (κ1) is 29.2. The van der Waals surface area contributed by atoms with E-state index in [1.807, 2.05) is 73.7 Å². The Morgan fingerprint density at radius 2 is 1.26 bits per heavy atom. The van der Waals surface area contributed by atoms with Crippen LogP contribution in [0.15, 0.2) is 99.8 Å². The Hall–Kier alpha value is -4.37. The molecule has 9 nitrogen and oxygen atoms in total. The Balaban J connectivity index is 1.45. The molecule has 0 N–H and O–H groups in total. The third kappa shape index (κ3) is 10.9. The number of benzene rings is 3. The summed E-state index contributed by atoms with van der Waals surface area (Å²) in [4.78, 5) is 11.0. The van der Waals surface area contributed by atoms with E-state index < -0.39 is 5.97 Å². The molecule has 0 aliphatic rings. The number of aryl methyl sites for hydroxylation is 1. The summed E-state index contributed by atoms with van der Waals surface area (Å²) in [6, 6.07) is 20.5. The molecule has 3 aromatic rings. The fourth-order valence-corrected chi connectivity index (χ4v) is 3.27. The molecule has 0 aliphatic heterocycles. The van der Waals surface area contributed by atoms with Gasteiger partial charge in [0.25, 0.3) is 0 Å². The van der Waals surface area contributed by atoms with Crippen molar-refractivity contribution in [2.24, 2.45) is 20.5 Å². The summed E-state index contributed by atoms with van der Waals surface area (Å²) in [5, 5.41) is 17.3. The Bertz CT molecular complexity index is 1240. The minimum Gasteiger partial charge on any atom is -0.494 e. The van der Waals surface area contributed by atoms with Gasteiger partial charge in [0.15, 0.2) is 0 Å². The first-order chi connectivity index (χ1) is 19.1. The molecule has 0 aromatic heterocycles. The number of hydrogen-bond donors (Lipinski definition) is 0. The van der Waals surface area contributed by atoms with Gasteiger partial charge in [-0.1, -0.05) is 6.58 Å². The summed E-state index contributed by atoms with van der Waals surface area (Å²) in [6.07, 6.45) is 3.50. The second-order valence-electron chi connectivity index (χ2n) is 8.48. The predicted molar refractivity (Wildman–Crippen MR) is 150 cm³/mol. The minimum absolute atomic E-state index is 0.357.